The molecule has 0 aliphatic heterocycles. The first-order chi connectivity index (χ1) is 12.5. The zero-order valence-corrected chi connectivity index (χ0v) is 15.6. The number of rotatable bonds is 5. The first-order valence-corrected chi connectivity index (χ1v) is 9.24. The summed E-state index contributed by atoms with van der Waals surface area (Å²) in [6, 6.07) is 8.45. The molecule has 1 aliphatic rings. The molecule has 26 heavy (non-hydrogen) atoms. The summed E-state index contributed by atoms with van der Waals surface area (Å²) in [5.41, 5.74) is 17.3. The van der Waals surface area contributed by atoms with Gasteiger partial charge in [-0.05, 0) is 63.2 Å². The minimum atomic E-state index is 0.390. The molecule has 0 radical (unpaired) electrons. The van der Waals surface area contributed by atoms with E-state index in [9.17, 15) is 0 Å². The summed E-state index contributed by atoms with van der Waals surface area (Å²) in [7, 11) is 0. The molecule has 3 rings (SSSR count). The Balaban J connectivity index is 1.90. The van der Waals surface area contributed by atoms with Gasteiger partial charge < -0.3 is 11.5 Å². The van der Waals surface area contributed by atoms with E-state index >= 15 is 0 Å². The van der Waals surface area contributed by atoms with Crippen molar-refractivity contribution in [3.63, 3.8) is 0 Å². The zero-order chi connectivity index (χ0) is 18.5. The molecule has 0 saturated heterocycles. The first-order valence-electron chi connectivity index (χ1n) is 9.24. The van der Waals surface area contributed by atoms with E-state index in [4.69, 9.17) is 21.4 Å². The molecule has 0 bridgehead atoms. The van der Waals surface area contributed by atoms with Gasteiger partial charge in [0.05, 0.1) is 0 Å². The number of allylic oxidation sites excluding steroid dienone is 1. The van der Waals surface area contributed by atoms with Crippen LogP contribution in [-0.4, -0.2) is 15.8 Å². The van der Waals surface area contributed by atoms with Crippen LogP contribution in [0.2, 0.25) is 0 Å². The standard InChI is InChI=1S/C21H27N5/c1-14-7-3-4-8-16(14)11-12-20-24-18-10-6-5-9-17(18)21(26-20)25-19(23)13-15(2)22/h3-4,7-8,13H,5-6,9-12,22H2,1-2H3,(H2,23,24,25,26)/b15-13-. The molecular weight excluding hydrogens is 322 g/mol. The highest BCUT2D eigenvalue weighted by molar-refractivity contribution is 5.93. The summed E-state index contributed by atoms with van der Waals surface area (Å²) < 4.78 is 0. The van der Waals surface area contributed by atoms with Crippen molar-refractivity contribution in [1.29, 1.82) is 0 Å². The molecule has 1 heterocycles. The van der Waals surface area contributed by atoms with Crippen LogP contribution < -0.4 is 11.5 Å². The van der Waals surface area contributed by atoms with Gasteiger partial charge in [-0.15, -0.1) is 0 Å². The SMILES string of the molecule is C/C(N)=C/C(N)=Nc1nc(CCc2ccccc2C)nc2c1CCCC2. The van der Waals surface area contributed by atoms with Crippen LogP contribution in [0.5, 0.6) is 0 Å². The topological polar surface area (TPSA) is 90.2 Å². The summed E-state index contributed by atoms with van der Waals surface area (Å²) in [5.74, 6) is 1.94. The molecule has 0 spiro atoms. The van der Waals surface area contributed by atoms with Crippen LogP contribution >= 0.6 is 0 Å². The van der Waals surface area contributed by atoms with E-state index in [2.05, 4.69) is 36.2 Å². The predicted molar refractivity (Wildman–Crippen MR) is 106 cm³/mol. The second-order valence-electron chi connectivity index (χ2n) is 6.95. The Morgan fingerprint density at radius 1 is 1.12 bits per heavy atom. The minimum Gasteiger partial charge on any atom is -0.402 e. The fraction of sp³-hybridized carbons (Fsp3) is 0.381. The van der Waals surface area contributed by atoms with E-state index in [1.165, 1.54) is 17.5 Å². The van der Waals surface area contributed by atoms with Gasteiger partial charge in [-0.25, -0.2) is 15.0 Å². The lowest BCUT2D eigenvalue weighted by molar-refractivity contribution is 0.653. The van der Waals surface area contributed by atoms with Crippen LogP contribution in [0.25, 0.3) is 0 Å². The first kappa shape index (κ1) is 18.1. The van der Waals surface area contributed by atoms with Gasteiger partial charge >= 0.3 is 0 Å². The quantitative estimate of drug-likeness (QED) is 0.640. The number of aliphatic imine (C=N–C) groups is 1. The Bertz CT molecular complexity index is 847. The summed E-state index contributed by atoms with van der Waals surface area (Å²) in [5, 5.41) is 0. The third kappa shape index (κ3) is 4.48. The van der Waals surface area contributed by atoms with Crippen molar-refractivity contribution in [2.45, 2.75) is 52.4 Å². The van der Waals surface area contributed by atoms with Crippen LogP contribution in [0, 0.1) is 6.92 Å². The average Bonchev–Trinajstić information content (AvgIpc) is 2.60. The second-order valence-corrected chi connectivity index (χ2v) is 6.95. The molecule has 136 valence electrons. The number of nitrogens with two attached hydrogens (primary N) is 2. The highest BCUT2D eigenvalue weighted by atomic mass is 15.0. The maximum atomic E-state index is 6.01. The molecule has 5 nitrogen and oxygen atoms in total. The lowest BCUT2D eigenvalue weighted by Crippen LogP contribution is -2.14. The van der Waals surface area contributed by atoms with Gasteiger partial charge in [-0.2, -0.15) is 0 Å². The molecule has 0 saturated carbocycles. The molecule has 5 heteroatoms. The number of hydrogen-bond acceptors (Lipinski definition) is 4. The molecule has 1 aromatic heterocycles. The monoisotopic (exact) mass is 349 g/mol. The lowest BCUT2D eigenvalue weighted by atomic mass is 9.96. The number of hydrogen-bond donors (Lipinski definition) is 2. The van der Waals surface area contributed by atoms with Crippen molar-refractivity contribution in [3.05, 3.63) is 64.2 Å². The van der Waals surface area contributed by atoms with E-state index in [0.717, 1.165) is 49.2 Å². The lowest BCUT2D eigenvalue weighted by Gasteiger charge is -2.17. The Hall–Kier alpha value is -2.69. The van der Waals surface area contributed by atoms with Gasteiger partial charge in [0.2, 0.25) is 0 Å². The molecule has 0 fully saturated rings. The van der Waals surface area contributed by atoms with Gasteiger partial charge in [0.1, 0.15) is 11.7 Å². The van der Waals surface area contributed by atoms with E-state index < -0.39 is 0 Å². The zero-order valence-electron chi connectivity index (χ0n) is 15.6. The summed E-state index contributed by atoms with van der Waals surface area (Å²) in [6.45, 7) is 3.94. The van der Waals surface area contributed by atoms with Crippen LogP contribution in [0.3, 0.4) is 0 Å². The largest absolute Gasteiger partial charge is 0.402 e. The fourth-order valence-electron chi connectivity index (χ4n) is 3.35. The van der Waals surface area contributed by atoms with Crippen molar-refractivity contribution in [1.82, 2.24) is 9.97 Å². The fourth-order valence-corrected chi connectivity index (χ4v) is 3.35. The normalized spacial score (nSPS) is 15.0. The van der Waals surface area contributed by atoms with E-state index in [-0.39, 0.29) is 0 Å². The smallest absolute Gasteiger partial charge is 0.161 e. The van der Waals surface area contributed by atoms with Crippen molar-refractivity contribution in [2.24, 2.45) is 16.5 Å². The number of aromatic nitrogens is 2. The molecule has 1 aliphatic carbocycles. The van der Waals surface area contributed by atoms with Crippen molar-refractivity contribution >= 4 is 11.7 Å². The van der Waals surface area contributed by atoms with Crippen molar-refractivity contribution < 1.29 is 0 Å². The van der Waals surface area contributed by atoms with E-state index in [1.54, 1.807) is 13.0 Å². The Morgan fingerprint density at radius 3 is 2.65 bits per heavy atom. The second kappa shape index (κ2) is 8.13. The molecule has 0 atom stereocenters. The van der Waals surface area contributed by atoms with Crippen molar-refractivity contribution in [3.8, 4) is 0 Å². The maximum absolute atomic E-state index is 6.01. The molecule has 0 unspecified atom stereocenters. The Kier molecular flexibility index (Phi) is 5.66. The summed E-state index contributed by atoms with van der Waals surface area (Å²) >= 11 is 0. The van der Waals surface area contributed by atoms with Gasteiger partial charge in [0.15, 0.2) is 5.82 Å². The third-order valence-electron chi connectivity index (χ3n) is 4.70. The molecule has 2 aromatic rings. The highest BCUT2D eigenvalue weighted by Gasteiger charge is 2.18. The Morgan fingerprint density at radius 2 is 1.88 bits per heavy atom. The van der Waals surface area contributed by atoms with Crippen LogP contribution in [0.1, 0.15) is 48.0 Å². The number of aryl methyl sites for hydroxylation is 4. The van der Waals surface area contributed by atoms with Gasteiger partial charge in [-0.1, -0.05) is 24.3 Å². The number of benzene rings is 1. The van der Waals surface area contributed by atoms with Crippen molar-refractivity contribution in [2.75, 3.05) is 0 Å². The van der Waals surface area contributed by atoms with Gasteiger partial charge in [-0.3, -0.25) is 0 Å². The van der Waals surface area contributed by atoms with E-state index in [1.807, 2.05) is 0 Å². The maximum Gasteiger partial charge on any atom is 0.161 e. The highest BCUT2D eigenvalue weighted by Crippen LogP contribution is 2.28. The Labute approximate surface area is 155 Å². The molecule has 0 amide bonds. The number of fused-ring (bicyclic) bond motifs is 1. The van der Waals surface area contributed by atoms with Gasteiger partial charge in [0.25, 0.3) is 0 Å². The van der Waals surface area contributed by atoms with Crippen LogP contribution in [0.15, 0.2) is 41.0 Å². The average molecular weight is 349 g/mol. The summed E-state index contributed by atoms with van der Waals surface area (Å²) in [4.78, 5) is 14.1. The minimum absolute atomic E-state index is 0.390. The molecular formula is C21H27N5. The van der Waals surface area contributed by atoms with E-state index in [0.29, 0.717) is 17.4 Å². The van der Waals surface area contributed by atoms with Gasteiger partial charge in [0, 0.05) is 23.4 Å². The number of amidine groups is 1. The number of nitrogens with zero attached hydrogens (tertiary/aromatic N) is 3. The summed E-state index contributed by atoms with van der Waals surface area (Å²) in [6.07, 6.45) is 7.66. The molecule has 1 aromatic carbocycles. The van der Waals surface area contributed by atoms with Crippen LogP contribution in [0.4, 0.5) is 5.82 Å². The predicted octanol–water partition coefficient (Wildman–Crippen LogP) is 3.30. The third-order valence-corrected chi connectivity index (χ3v) is 4.70. The van der Waals surface area contributed by atoms with Crippen LogP contribution in [-0.2, 0) is 25.7 Å². The molecule has 4 N–H and O–H groups in total.